The molecule has 1 rings (SSSR count). The topological polar surface area (TPSA) is 12.5 Å². The first-order valence-electron chi connectivity index (χ1n) is 7.29. The van der Waals surface area contributed by atoms with E-state index < -0.39 is 0 Å². The second-order valence-corrected chi connectivity index (χ2v) is 6.13. The van der Waals surface area contributed by atoms with Crippen LogP contribution >= 0.6 is 0 Å². The molecule has 102 valence electrons. The highest BCUT2D eigenvalue weighted by atomic mass is 16.5. The van der Waals surface area contributed by atoms with Crippen LogP contribution in [0.4, 0.5) is 0 Å². The van der Waals surface area contributed by atoms with Gasteiger partial charge in [0.2, 0.25) is 0 Å². The third-order valence-electron chi connectivity index (χ3n) is 4.12. The number of hydrogen-bond donors (Lipinski definition) is 0. The number of ether oxygens (including phenoxy) is 1. The van der Waals surface area contributed by atoms with E-state index in [1.54, 1.807) is 0 Å². The van der Waals surface area contributed by atoms with Crippen molar-refractivity contribution in [1.82, 2.24) is 4.90 Å². The van der Waals surface area contributed by atoms with Crippen molar-refractivity contribution >= 4 is 0 Å². The van der Waals surface area contributed by atoms with Crippen LogP contribution in [0.5, 0.6) is 0 Å². The van der Waals surface area contributed by atoms with E-state index in [1.165, 1.54) is 25.8 Å². The molecule has 0 aliphatic heterocycles. The van der Waals surface area contributed by atoms with Crippen LogP contribution in [0.3, 0.4) is 0 Å². The summed E-state index contributed by atoms with van der Waals surface area (Å²) in [7, 11) is 1.86. The van der Waals surface area contributed by atoms with Gasteiger partial charge in [0.15, 0.2) is 0 Å². The summed E-state index contributed by atoms with van der Waals surface area (Å²) >= 11 is 0. The molecule has 0 heterocycles. The molecule has 1 aliphatic rings. The molecule has 2 nitrogen and oxygen atoms in total. The molecular formula is C15H31NO. The third-order valence-corrected chi connectivity index (χ3v) is 4.12. The summed E-state index contributed by atoms with van der Waals surface area (Å²) in [6.07, 6.45) is 4.14. The molecule has 0 aromatic rings. The summed E-state index contributed by atoms with van der Waals surface area (Å²) in [6.45, 7) is 13.7. The van der Waals surface area contributed by atoms with Crippen LogP contribution in [0.25, 0.3) is 0 Å². The summed E-state index contributed by atoms with van der Waals surface area (Å²) in [6, 6.07) is 0. The first-order valence-corrected chi connectivity index (χ1v) is 7.29. The van der Waals surface area contributed by atoms with Gasteiger partial charge < -0.3 is 9.64 Å². The Bertz CT molecular complexity index is 209. The van der Waals surface area contributed by atoms with Crippen molar-refractivity contribution in [3.63, 3.8) is 0 Å². The van der Waals surface area contributed by atoms with Crippen LogP contribution < -0.4 is 0 Å². The zero-order valence-electron chi connectivity index (χ0n) is 12.5. The Hall–Kier alpha value is -0.0800. The summed E-state index contributed by atoms with van der Waals surface area (Å²) < 4.78 is 5.57. The van der Waals surface area contributed by atoms with Crippen LogP contribution in [0.1, 0.15) is 47.0 Å². The molecule has 17 heavy (non-hydrogen) atoms. The number of nitrogens with zero attached hydrogens (tertiary/aromatic N) is 1. The second kappa shape index (κ2) is 6.75. The van der Waals surface area contributed by atoms with Gasteiger partial charge in [0, 0.05) is 19.1 Å². The highest BCUT2D eigenvalue weighted by Gasteiger charge is 2.45. The fraction of sp³-hybridized carbons (Fsp3) is 1.00. The molecule has 1 aliphatic carbocycles. The van der Waals surface area contributed by atoms with E-state index in [0.29, 0.717) is 5.41 Å². The highest BCUT2D eigenvalue weighted by molar-refractivity contribution is 4.96. The number of hydrogen-bond acceptors (Lipinski definition) is 2. The van der Waals surface area contributed by atoms with Crippen LogP contribution in [-0.4, -0.2) is 38.3 Å². The van der Waals surface area contributed by atoms with Gasteiger partial charge in [-0.05, 0) is 44.2 Å². The van der Waals surface area contributed by atoms with E-state index in [1.807, 2.05) is 7.11 Å². The predicted molar refractivity (Wildman–Crippen MR) is 74.3 cm³/mol. The summed E-state index contributed by atoms with van der Waals surface area (Å²) in [5, 5.41) is 0. The fourth-order valence-electron chi connectivity index (χ4n) is 3.27. The Kier molecular flexibility index (Phi) is 5.94. The maximum absolute atomic E-state index is 5.57. The monoisotopic (exact) mass is 241 g/mol. The lowest BCUT2D eigenvalue weighted by molar-refractivity contribution is 0.0152. The van der Waals surface area contributed by atoms with Gasteiger partial charge in [-0.1, -0.05) is 27.7 Å². The smallest absolute Gasteiger partial charge is 0.0533 e. The quantitative estimate of drug-likeness (QED) is 0.613. The van der Waals surface area contributed by atoms with Gasteiger partial charge in [-0.15, -0.1) is 0 Å². The Morgan fingerprint density at radius 3 is 2.18 bits per heavy atom. The molecule has 0 bridgehead atoms. The first kappa shape index (κ1) is 15.0. The van der Waals surface area contributed by atoms with E-state index in [4.69, 9.17) is 4.74 Å². The molecule has 0 aromatic carbocycles. The largest absolute Gasteiger partial charge is 0.384 e. The molecular weight excluding hydrogens is 210 g/mol. The first-order chi connectivity index (χ1) is 8.07. The van der Waals surface area contributed by atoms with E-state index in [0.717, 1.165) is 31.5 Å². The molecule has 0 radical (unpaired) electrons. The van der Waals surface area contributed by atoms with Gasteiger partial charge in [-0.2, -0.15) is 0 Å². The molecule has 1 fully saturated rings. The zero-order chi connectivity index (χ0) is 12.9. The van der Waals surface area contributed by atoms with Crippen LogP contribution in [0.2, 0.25) is 0 Å². The van der Waals surface area contributed by atoms with Crippen molar-refractivity contribution in [2.75, 3.05) is 33.4 Å². The van der Waals surface area contributed by atoms with Crippen molar-refractivity contribution in [2.45, 2.75) is 47.0 Å². The van der Waals surface area contributed by atoms with Crippen molar-refractivity contribution in [1.29, 1.82) is 0 Å². The molecule has 0 aromatic heterocycles. The lowest BCUT2D eigenvalue weighted by atomic mass is 9.75. The van der Waals surface area contributed by atoms with Crippen molar-refractivity contribution in [2.24, 2.45) is 17.3 Å². The normalized spacial score (nSPS) is 19.9. The fourth-order valence-corrected chi connectivity index (χ4v) is 3.27. The Labute approximate surface area is 108 Å². The zero-order valence-corrected chi connectivity index (χ0v) is 12.5. The second-order valence-electron chi connectivity index (χ2n) is 6.13. The maximum atomic E-state index is 5.57. The molecule has 1 atom stereocenters. The minimum atomic E-state index is 0.412. The summed E-state index contributed by atoms with van der Waals surface area (Å²) in [5.41, 5.74) is 0.412. The van der Waals surface area contributed by atoms with E-state index in [9.17, 15) is 0 Å². The third kappa shape index (κ3) is 4.26. The molecule has 0 N–H and O–H groups in total. The van der Waals surface area contributed by atoms with Crippen molar-refractivity contribution < 1.29 is 4.74 Å². The van der Waals surface area contributed by atoms with Crippen molar-refractivity contribution in [3.05, 3.63) is 0 Å². The van der Waals surface area contributed by atoms with Gasteiger partial charge >= 0.3 is 0 Å². The van der Waals surface area contributed by atoms with Gasteiger partial charge in [0.25, 0.3) is 0 Å². The maximum Gasteiger partial charge on any atom is 0.0533 e. The minimum absolute atomic E-state index is 0.412. The molecule has 0 amide bonds. The highest BCUT2D eigenvalue weighted by Crippen LogP contribution is 2.49. The van der Waals surface area contributed by atoms with E-state index in [2.05, 4.69) is 32.6 Å². The Morgan fingerprint density at radius 2 is 1.82 bits per heavy atom. The molecule has 2 heteroatoms. The SMILES string of the molecule is CCN(CC)CC(COC)(CC(C)C)C1CC1. The van der Waals surface area contributed by atoms with Gasteiger partial charge in [0.05, 0.1) is 6.61 Å². The predicted octanol–water partition coefficient (Wildman–Crippen LogP) is 3.42. The Morgan fingerprint density at radius 1 is 1.24 bits per heavy atom. The standard InChI is InChI=1S/C15H31NO/c1-6-16(7-2)11-15(12-17-5,10-13(3)4)14-8-9-14/h13-14H,6-12H2,1-5H3. The average Bonchev–Trinajstić information content (AvgIpc) is 3.09. The lowest BCUT2D eigenvalue weighted by Crippen LogP contribution is -2.43. The minimum Gasteiger partial charge on any atom is -0.384 e. The average molecular weight is 241 g/mol. The van der Waals surface area contributed by atoms with Gasteiger partial charge in [-0.3, -0.25) is 0 Å². The van der Waals surface area contributed by atoms with Gasteiger partial charge in [0.1, 0.15) is 0 Å². The van der Waals surface area contributed by atoms with Gasteiger partial charge in [-0.25, -0.2) is 0 Å². The molecule has 0 spiro atoms. The number of methoxy groups -OCH3 is 1. The van der Waals surface area contributed by atoms with Crippen LogP contribution in [0, 0.1) is 17.3 Å². The Balaban J connectivity index is 2.73. The van der Waals surface area contributed by atoms with Crippen LogP contribution in [0.15, 0.2) is 0 Å². The van der Waals surface area contributed by atoms with Crippen LogP contribution in [-0.2, 0) is 4.74 Å². The number of rotatable bonds is 9. The summed E-state index contributed by atoms with van der Waals surface area (Å²) in [4.78, 5) is 2.57. The lowest BCUT2D eigenvalue weighted by Gasteiger charge is -2.39. The van der Waals surface area contributed by atoms with E-state index >= 15 is 0 Å². The van der Waals surface area contributed by atoms with Crippen molar-refractivity contribution in [3.8, 4) is 0 Å². The van der Waals surface area contributed by atoms with E-state index in [-0.39, 0.29) is 0 Å². The summed E-state index contributed by atoms with van der Waals surface area (Å²) in [5.74, 6) is 1.67. The molecule has 1 unspecified atom stereocenters. The molecule has 0 saturated heterocycles. The molecule has 1 saturated carbocycles.